The second kappa shape index (κ2) is 9.31. The average molecular weight is 383 g/mol. The Kier molecular flexibility index (Phi) is 6.86. The molecule has 0 saturated heterocycles. The van der Waals surface area contributed by atoms with Crippen molar-refractivity contribution in [2.75, 3.05) is 0 Å². The van der Waals surface area contributed by atoms with E-state index in [0.717, 1.165) is 27.9 Å². The van der Waals surface area contributed by atoms with Gasteiger partial charge in [-0.2, -0.15) is 0 Å². The minimum atomic E-state index is -1.26. The quantitative estimate of drug-likeness (QED) is 0.444. The highest BCUT2D eigenvalue weighted by Gasteiger charge is 2.14. The van der Waals surface area contributed by atoms with Crippen LogP contribution in [0.1, 0.15) is 28.2 Å². The van der Waals surface area contributed by atoms with Crippen LogP contribution in [0, 0.1) is 6.92 Å². The molecule has 0 fully saturated rings. The molecule has 0 saturated carbocycles. The number of rotatable bonds is 6. The summed E-state index contributed by atoms with van der Waals surface area (Å²) in [5.74, 6) is -2.34. The Bertz CT molecular complexity index is 1010. The Morgan fingerprint density at radius 3 is 2.36 bits per heavy atom. The average Bonchev–Trinajstić information content (AvgIpc) is 3.22. The third-order valence-electron chi connectivity index (χ3n) is 4.09. The molecule has 0 aliphatic heterocycles. The van der Waals surface area contributed by atoms with Gasteiger partial charge in [0.2, 0.25) is 0 Å². The van der Waals surface area contributed by atoms with Crippen LogP contribution in [0.5, 0.6) is 0 Å². The van der Waals surface area contributed by atoms with Crippen LogP contribution in [0.3, 0.4) is 0 Å². The predicted molar refractivity (Wildman–Crippen MR) is 103 cm³/mol. The van der Waals surface area contributed by atoms with Crippen molar-refractivity contribution in [1.29, 1.82) is 0 Å². The summed E-state index contributed by atoms with van der Waals surface area (Å²) in [6.07, 6.45) is 5.87. The number of carbonyl (C=O) groups is 3. The molecule has 0 radical (unpaired) electrons. The van der Waals surface area contributed by atoms with Crippen molar-refractivity contribution in [2.45, 2.75) is 19.8 Å². The number of aromatic amines is 1. The van der Waals surface area contributed by atoms with Gasteiger partial charge in [-0.25, -0.2) is 14.6 Å². The number of carbonyl (C=O) groups excluding carboxylic acids is 1. The van der Waals surface area contributed by atoms with Gasteiger partial charge in [0.1, 0.15) is 0 Å². The number of aryl methyl sites for hydroxylation is 3. The molecule has 0 unspecified atom stereocenters. The number of benzene rings is 1. The summed E-state index contributed by atoms with van der Waals surface area (Å²) in [7, 11) is 1.97. The molecule has 28 heavy (non-hydrogen) atoms. The lowest BCUT2D eigenvalue weighted by Gasteiger charge is -1.99. The number of aliphatic carboxylic acids is 2. The van der Waals surface area contributed by atoms with Gasteiger partial charge >= 0.3 is 11.9 Å². The molecule has 2 aromatic heterocycles. The second-order valence-corrected chi connectivity index (χ2v) is 6.08. The van der Waals surface area contributed by atoms with Gasteiger partial charge in [-0.15, -0.1) is 0 Å². The van der Waals surface area contributed by atoms with E-state index in [0.29, 0.717) is 25.0 Å². The number of nitrogens with zero attached hydrogens (tertiary/aromatic N) is 2. The minimum Gasteiger partial charge on any atom is -0.478 e. The maximum Gasteiger partial charge on any atom is 0.328 e. The Hall–Kier alpha value is -3.68. The lowest BCUT2D eigenvalue weighted by Crippen LogP contribution is -2.01. The summed E-state index contributed by atoms with van der Waals surface area (Å²) >= 11 is 0. The smallest absolute Gasteiger partial charge is 0.328 e. The van der Waals surface area contributed by atoms with E-state index < -0.39 is 11.9 Å². The molecule has 0 amide bonds. The molecule has 0 aliphatic carbocycles. The molecule has 2 heterocycles. The van der Waals surface area contributed by atoms with E-state index in [2.05, 4.69) is 9.97 Å². The number of fused-ring (bicyclic) bond motifs is 1. The van der Waals surface area contributed by atoms with E-state index in [4.69, 9.17) is 10.2 Å². The van der Waals surface area contributed by atoms with Crippen molar-refractivity contribution >= 4 is 28.6 Å². The minimum absolute atomic E-state index is 0.171. The topological polar surface area (TPSA) is 125 Å². The van der Waals surface area contributed by atoms with Crippen molar-refractivity contribution in [3.05, 3.63) is 65.9 Å². The van der Waals surface area contributed by atoms with E-state index in [9.17, 15) is 14.4 Å². The number of carboxylic acids is 2. The highest BCUT2D eigenvalue weighted by atomic mass is 16.4. The van der Waals surface area contributed by atoms with Crippen LogP contribution in [0.4, 0.5) is 0 Å². The van der Waals surface area contributed by atoms with Crippen molar-refractivity contribution in [1.82, 2.24) is 14.5 Å². The number of aromatic nitrogens is 3. The molecule has 3 aromatic rings. The standard InChI is InChI=1S/C16H17N3O.C4H4O4/c1-11-14(18-10-17-11)7-8-16(20)13-9-19(2)15-6-4-3-5-12(13)15;5-3(6)1-2-4(7)8/h3-6,9-10H,7-8H2,1-2H3,(H,17,18);1-2H,(H,5,6)(H,7,8). The van der Waals surface area contributed by atoms with Gasteiger partial charge in [0, 0.05) is 54.0 Å². The number of H-pyrrole nitrogens is 1. The van der Waals surface area contributed by atoms with Crippen LogP contribution in [0.15, 0.2) is 48.9 Å². The van der Waals surface area contributed by atoms with Crippen LogP contribution >= 0.6 is 0 Å². The Morgan fingerprint density at radius 1 is 1.14 bits per heavy atom. The first-order chi connectivity index (χ1) is 13.3. The van der Waals surface area contributed by atoms with Crippen molar-refractivity contribution in [2.24, 2.45) is 7.05 Å². The number of nitrogens with one attached hydrogen (secondary N) is 1. The fraction of sp³-hybridized carbons (Fsp3) is 0.200. The first-order valence-corrected chi connectivity index (χ1v) is 8.49. The summed E-state index contributed by atoms with van der Waals surface area (Å²) in [6, 6.07) is 7.99. The molecule has 8 nitrogen and oxygen atoms in total. The number of carboxylic acid groups (broad SMARTS) is 2. The van der Waals surface area contributed by atoms with Crippen LogP contribution in [-0.4, -0.2) is 42.5 Å². The summed E-state index contributed by atoms with van der Waals surface area (Å²) < 4.78 is 2.00. The zero-order valence-corrected chi connectivity index (χ0v) is 15.5. The molecular weight excluding hydrogens is 362 g/mol. The molecule has 0 atom stereocenters. The Labute approximate surface area is 161 Å². The van der Waals surface area contributed by atoms with Gasteiger partial charge in [0.25, 0.3) is 0 Å². The maximum atomic E-state index is 12.4. The van der Waals surface area contributed by atoms with Crippen molar-refractivity contribution in [3.63, 3.8) is 0 Å². The highest BCUT2D eigenvalue weighted by Crippen LogP contribution is 2.22. The third kappa shape index (κ3) is 5.41. The summed E-state index contributed by atoms with van der Waals surface area (Å²) in [5, 5.41) is 16.7. The van der Waals surface area contributed by atoms with Crippen LogP contribution in [0.25, 0.3) is 10.9 Å². The van der Waals surface area contributed by atoms with Gasteiger partial charge in [-0.1, -0.05) is 18.2 Å². The van der Waals surface area contributed by atoms with Crippen molar-refractivity contribution in [3.8, 4) is 0 Å². The fourth-order valence-corrected chi connectivity index (χ4v) is 2.71. The third-order valence-corrected chi connectivity index (χ3v) is 4.09. The van der Waals surface area contributed by atoms with Gasteiger partial charge in [-0.05, 0) is 19.4 Å². The molecular formula is C20H21N3O5. The molecule has 3 N–H and O–H groups in total. The van der Waals surface area contributed by atoms with Gasteiger partial charge in [0.05, 0.1) is 12.0 Å². The number of ketones is 1. The molecule has 0 bridgehead atoms. The number of para-hydroxylation sites is 1. The number of imidazole rings is 1. The highest BCUT2D eigenvalue weighted by molar-refractivity contribution is 6.08. The first-order valence-electron chi connectivity index (χ1n) is 8.49. The number of hydrogen-bond acceptors (Lipinski definition) is 4. The second-order valence-electron chi connectivity index (χ2n) is 6.08. The zero-order chi connectivity index (χ0) is 20.7. The van der Waals surface area contributed by atoms with E-state index in [-0.39, 0.29) is 5.78 Å². The monoisotopic (exact) mass is 383 g/mol. The van der Waals surface area contributed by atoms with Gasteiger partial charge in [0.15, 0.2) is 5.78 Å². The van der Waals surface area contributed by atoms with Gasteiger partial charge < -0.3 is 19.8 Å². The van der Waals surface area contributed by atoms with E-state index in [1.54, 1.807) is 6.33 Å². The molecule has 0 aliphatic rings. The van der Waals surface area contributed by atoms with Crippen molar-refractivity contribution < 1.29 is 24.6 Å². The largest absolute Gasteiger partial charge is 0.478 e. The summed E-state index contributed by atoms with van der Waals surface area (Å²) in [6.45, 7) is 1.98. The van der Waals surface area contributed by atoms with E-state index >= 15 is 0 Å². The van der Waals surface area contributed by atoms with E-state index in [1.807, 2.05) is 49.0 Å². The molecule has 146 valence electrons. The number of hydrogen-bond donors (Lipinski definition) is 3. The Balaban J connectivity index is 0.000000300. The number of Topliss-reactive ketones (excluding diaryl/α,β-unsaturated/α-hetero) is 1. The lowest BCUT2D eigenvalue weighted by atomic mass is 10.0. The summed E-state index contributed by atoms with van der Waals surface area (Å²) in [5.41, 5.74) is 3.90. The maximum absolute atomic E-state index is 12.4. The summed E-state index contributed by atoms with van der Waals surface area (Å²) in [4.78, 5) is 38.8. The molecule has 0 spiro atoms. The molecule has 1 aromatic carbocycles. The first kappa shape index (κ1) is 20.6. The van der Waals surface area contributed by atoms with Crippen LogP contribution in [0.2, 0.25) is 0 Å². The Morgan fingerprint density at radius 2 is 1.79 bits per heavy atom. The van der Waals surface area contributed by atoms with Gasteiger partial charge in [-0.3, -0.25) is 4.79 Å². The van der Waals surface area contributed by atoms with Crippen LogP contribution in [-0.2, 0) is 23.1 Å². The van der Waals surface area contributed by atoms with E-state index in [1.165, 1.54) is 0 Å². The SMILES string of the molecule is Cc1[nH]cnc1CCC(=O)c1cn(C)c2ccccc12.O=C(O)C=CC(=O)O. The fourth-order valence-electron chi connectivity index (χ4n) is 2.71. The normalized spacial score (nSPS) is 10.6. The zero-order valence-electron chi connectivity index (χ0n) is 15.5. The molecule has 8 heteroatoms. The molecule has 3 rings (SSSR count). The predicted octanol–water partition coefficient (Wildman–Crippen LogP) is 2.74. The lowest BCUT2D eigenvalue weighted by molar-refractivity contribution is -0.134. The van der Waals surface area contributed by atoms with Crippen LogP contribution < -0.4 is 0 Å².